The first-order valence-corrected chi connectivity index (χ1v) is 9.53. The van der Waals surface area contributed by atoms with E-state index in [1.165, 1.54) is 29.2 Å². The molecule has 1 atom stereocenters. The fourth-order valence-electron chi connectivity index (χ4n) is 3.42. The molecule has 0 aromatic heterocycles. The highest BCUT2D eigenvalue weighted by Crippen LogP contribution is 2.37. The van der Waals surface area contributed by atoms with Crippen LogP contribution in [0, 0.1) is 5.82 Å². The molecule has 0 aliphatic carbocycles. The average molecular weight is 439 g/mol. The third-order valence-electron chi connectivity index (χ3n) is 4.68. The van der Waals surface area contributed by atoms with Gasteiger partial charge in [0.1, 0.15) is 12.4 Å². The highest BCUT2D eigenvalue weighted by atomic mass is 79.9. The van der Waals surface area contributed by atoms with E-state index >= 15 is 0 Å². The summed E-state index contributed by atoms with van der Waals surface area (Å²) >= 11 is 3.48. The van der Waals surface area contributed by atoms with Gasteiger partial charge in [0, 0.05) is 21.3 Å². The van der Waals surface area contributed by atoms with Crippen molar-refractivity contribution in [1.82, 2.24) is 4.90 Å². The van der Waals surface area contributed by atoms with Crippen LogP contribution in [-0.4, -0.2) is 23.3 Å². The number of carbonyl (C=O) groups is 2. The standard InChI is InChI=1S/C22H16BrFN2O2/c23-16-8-11-19-18(12-16)21(14-4-2-1-3-5-14)26(13-20(27)25-19)22(28)15-6-9-17(24)10-7-15/h1-12,21H,13H2,(H,25,27)/t21-/m0/s1. The minimum atomic E-state index is -0.467. The molecule has 0 radical (unpaired) electrons. The van der Waals surface area contributed by atoms with Crippen LogP contribution in [0.25, 0.3) is 0 Å². The van der Waals surface area contributed by atoms with Crippen molar-refractivity contribution in [1.29, 1.82) is 0 Å². The normalized spacial score (nSPS) is 16.1. The number of nitrogens with zero attached hydrogens (tertiary/aromatic N) is 1. The molecule has 3 aromatic carbocycles. The maximum atomic E-state index is 13.3. The number of nitrogens with one attached hydrogen (secondary N) is 1. The van der Waals surface area contributed by atoms with Crippen molar-refractivity contribution in [2.75, 3.05) is 11.9 Å². The molecule has 0 spiro atoms. The van der Waals surface area contributed by atoms with Crippen LogP contribution in [0.5, 0.6) is 0 Å². The third kappa shape index (κ3) is 3.55. The van der Waals surface area contributed by atoms with Crippen molar-refractivity contribution in [3.63, 3.8) is 0 Å². The molecule has 3 aromatic rings. The number of carbonyl (C=O) groups excluding carboxylic acids is 2. The average Bonchev–Trinajstić information content (AvgIpc) is 2.84. The lowest BCUT2D eigenvalue weighted by Gasteiger charge is -2.30. The zero-order chi connectivity index (χ0) is 19.7. The van der Waals surface area contributed by atoms with E-state index in [2.05, 4.69) is 21.2 Å². The summed E-state index contributed by atoms with van der Waals surface area (Å²) < 4.78 is 14.2. The summed E-state index contributed by atoms with van der Waals surface area (Å²) in [6, 6.07) is 20.0. The zero-order valence-corrected chi connectivity index (χ0v) is 16.3. The molecule has 0 saturated carbocycles. The zero-order valence-electron chi connectivity index (χ0n) is 14.7. The van der Waals surface area contributed by atoms with Gasteiger partial charge in [-0.25, -0.2) is 4.39 Å². The van der Waals surface area contributed by atoms with Gasteiger partial charge in [0.05, 0.1) is 6.04 Å². The second-order valence-electron chi connectivity index (χ2n) is 6.53. The largest absolute Gasteiger partial charge is 0.324 e. The monoisotopic (exact) mass is 438 g/mol. The molecule has 1 N–H and O–H groups in total. The Balaban J connectivity index is 1.88. The Kier molecular flexibility index (Phi) is 4.96. The van der Waals surface area contributed by atoms with Crippen LogP contribution in [0.2, 0.25) is 0 Å². The number of anilines is 1. The van der Waals surface area contributed by atoms with Crippen molar-refractivity contribution >= 4 is 33.4 Å². The molecule has 4 rings (SSSR count). The molecule has 2 amide bonds. The summed E-state index contributed by atoms with van der Waals surface area (Å²) in [6.07, 6.45) is 0. The number of halogens is 2. The lowest BCUT2D eigenvalue weighted by atomic mass is 9.95. The molecule has 28 heavy (non-hydrogen) atoms. The first kappa shape index (κ1) is 18.4. The number of hydrogen-bond acceptors (Lipinski definition) is 2. The second-order valence-corrected chi connectivity index (χ2v) is 7.45. The van der Waals surface area contributed by atoms with E-state index in [1.54, 1.807) is 0 Å². The lowest BCUT2D eigenvalue weighted by Crippen LogP contribution is -2.39. The molecule has 140 valence electrons. The number of amides is 2. The van der Waals surface area contributed by atoms with Gasteiger partial charge in [0.15, 0.2) is 0 Å². The van der Waals surface area contributed by atoms with E-state index in [0.717, 1.165) is 15.6 Å². The molecule has 0 fully saturated rings. The molecule has 6 heteroatoms. The van der Waals surface area contributed by atoms with Gasteiger partial charge in [0.2, 0.25) is 5.91 Å². The highest BCUT2D eigenvalue weighted by Gasteiger charge is 2.34. The predicted octanol–water partition coefficient (Wildman–Crippen LogP) is 4.77. The predicted molar refractivity (Wildman–Crippen MR) is 108 cm³/mol. The van der Waals surface area contributed by atoms with E-state index in [0.29, 0.717) is 11.3 Å². The van der Waals surface area contributed by atoms with Gasteiger partial charge in [-0.1, -0.05) is 46.3 Å². The Morgan fingerprint density at radius 2 is 1.75 bits per heavy atom. The van der Waals surface area contributed by atoms with Gasteiger partial charge in [-0.05, 0) is 48.0 Å². The van der Waals surface area contributed by atoms with Crippen LogP contribution >= 0.6 is 15.9 Å². The third-order valence-corrected chi connectivity index (χ3v) is 5.17. The van der Waals surface area contributed by atoms with Crippen LogP contribution < -0.4 is 5.32 Å². The number of fused-ring (bicyclic) bond motifs is 1. The molecule has 4 nitrogen and oxygen atoms in total. The lowest BCUT2D eigenvalue weighted by molar-refractivity contribution is -0.117. The van der Waals surface area contributed by atoms with Crippen molar-refractivity contribution in [3.05, 3.63) is 99.8 Å². The number of benzene rings is 3. The van der Waals surface area contributed by atoms with Gasteiger partial charge in [-0.2, -0.15) is 0 Å². The highest BCUT2D eigenvalue weighted by molar-refractivity contribution is 9.10. The van der Waals surface area contributed by atoms with Crippen LogP contribution in [0.3, 0.4) is 0 Å². The van der Waals surface area contributed by atoms with E-state index in [9.17, 15) is 14.0 Å². The Hall–Kier alpha value is -2.99. The summed E-state index contributed by atoms with van der Waals surface area (Å²) in [5, 5.41) is 2.88. The Morgan fingerprint density at radius 1 is 1.04 bits per heavy atom. The van der Waals surface area contributed by atoms with Crippen LogP contribution in [0.4, 0.5) is 10.1 Å². The van der Waals surface area contributed by atoms with Gasteiger partial charge in [0.25, 0.3) is 5.91 Å². The molecule has 1 aliphatic rings. The first-order chi connectivity index (χ1) is 13.5. The van der Waals surface area contributed by atoms with E-state index in [4.69, 9.17) is 0 Å². The van der Waals surface area contributed by atoms with E-state index in [-0.39, 0.29) is 18.4 Å². The number of rotatable bonds is 2. The molecule has 0 unspecified atom stereocenters. The van der Waals surface area contributed by atoms with E-state index < -0.39 is 11.9 Å². The molecular formula is C22H16BrFN2O2. The molecule has 1 aliphatic heterocycles. The van der Waals surface area contributed by atoms with Crippen LogP contribution in [0.1, 0.15) is 27.5 Å². The summed E-state index contributed by atoms with van der Waals surface area (Å²) in [5.74, 6) is -1.03. The SMILES string of the molecule is O=C1CN(C(=O)c2ccc(F)cc2)[C@@H](c2ccccc2)c2cc(Br)ccc2N1. The summed E-state index contributed by atoms with van der Waals surface area (Å²) in [6.45, 7) is -0.109. The maximum absolute atomic E-state index is 13.3. The summed E-state index contributed by atoms with van der Waals surface area (Å²) in [5.41, 5.74) is 2.68. The quantitative estimate of drug-likeness (QED) is 0.626. The Labute approximate surface area is 170 Å². The first-order valence-electron chi connectivity index (χ1n) is 8.74. The fraction of sp³-hybridized carbons (Fsp3) is 0.0909. The minimum Gasteiger partial charge on any atom is -0.324 e. The maximum Gasteiger partial charge on any atom is 0.255 e. The van der Waals surface area contributed by atoms with Crippen molar-refractivity contribution in [2.24, 2.45) is 0 Å². The topological polar surface area (TPSA) is 49.4 Å². The molecule has 0 bridgehead atoms. The van der Waals surface area contributed by atoms with Crippen molar-refractivity contribution in [2.45, 2.75) is 6.04 Å². The minimum absolute atomic E-state index is 0.109. The molecular weight excluding hydrogens is 423 g/mol. The van der Waals surface area contributed by atoms with Crippen molar-refractivity contribution in [3.8, 4) is 0 Å². The molecule has 1 heterocycles. The van der Waals surface area contributed by atoms with Gasteiger partial charge in [-0.15, -0.1) is 0 Å². The van der Waals surface area contributed by atoms with Crippen molar-refractivity contribution < 1.29 is 14.0 Å². The van der Waals surface area contributed by atoms with Gasteiger partial charge < -0.3 is 10.2 Å². The summed E-state index contributed by atoms with van der Waals surface area (Å²) in [7, 11) is 0. The Bertz CT molecular complexity index is 1040. The van der Waals surface area contributed by atoms with Crippen LogP contribution in [0.15, 0.2) is 77.3 Å². The smallest absolute Gasteiger partial charge is 0.255 e. The van der Waals surface area contributed by atoms with E-state index in [1.807, 2.05) is 48.5 Å². The fourth-order valence-corrected chi connectivity index (χ4v) is 3.80. The van der Waals surface area contributed by atoms with Crippen LogP contribution in [-0.2, 0) is 4.79 Å². The van der Waals surface area contributed by atoms with Gasteiger partial charge >= 0.3 is 0 Å². The van der Waals surface area contributed by atoms with Gasteiger partial charge in [-0.3, -0.25) is 9.59 Å². The second kappa shape index (κ2) is 7.56. The molecule has 0 saturated heterocycles. The number of hydrogen-bond donors (Lipinski definition) is 1. The summed E-state index contributed by atoms with van der Waals surface area (Å²) in [4.78, 5) is 27.4. The Morgan fingerprint density at radius 3 is 2.46 bits per heavy atom.